The molecule has 0 bridgehead atoms. The van der Waals surface area contributed by atoms with E-state index in [1.54, 1.807) is 16.9 Å². The van der Waals surface area contributed by atoms with Crippen LogP contribution in [-0.2, 0) is 5.54 Å². The first-order valence-corrected chi connectivity index (χ1v) is 8.26. The normalized spacial score (nSPS) is 16.9. The molecular formula is C18H24N4O2. The van der Waals surface area contributed by atoms with Gasteiger partial charge in [-0.15, -0.1) is 0 Å². The molecule has 24 heavy (non-hydrogen) atoms. The van der Waals surface area contributed by atoms with E-state index in [4.69, 9.17) is 4.74 Å². The summed E-state index contributed by atoms with van der Waals surface area (Å²) in [5, 5.41) is 10.1. The van der Waals surface area contributed by atoms with Gasteiger partial charge in [0.2, 0.25) is 0 Å². The van der Waals surface area contributed by atoms with Crippen LogP contribution in [0.1, 0.15) is 38.7 Å². The Bertz CT molecular complexity index is 718. The first-order chi connectivity index (χ1) is 11.4. The third-order valence-corrected chi connectivity index (χ3v) is 4.11. The zero-order chi connectivity index (χ0) is 17.2. The molecule has 1 aliphatic heterocycles. The summed E-state index contributed by atoms with van der Waals surface area (Å²) < 4.78 is 7.46. The van der Waals surface area contributed by atoms with Crippen LogP contribution in [0, 0.1) is 0 Å². The van der Waals surface area contributed by atoms with Crippen molar-refractivity contribution in [1.29, 1.82) is 0 Å². The second-order valence-corrected chi connectivity index (χ2v) is 7.01. The van der Waals surface area contributed by atoms with Crippen LogP contribution in [0.4, 0.5) is 10.6 Å². The van der Waals surface area contributed by atoms with E-state index in [2.05, 4.69) is 21.8 Å². The van der Waals surface area contributed by atoms with Crippen LogP contribution in [0.25, 0.3) is 0 Å². The summed E-state index contributed by atoms with van der Waals surface area (Å²) in [5.41, 5.74) is 0.968. The molecule has 2 N–H and O–H groups in total. The SMILES string of the molecule is CC(C)(C)n1nccc1NC(=O)NCC1CCOc2ccccc21. The molecule has 1 aromatic heterocycles. The van der Waals surface area contributed by atoms with Crippen LogP contribution < -0.4 is 15.4 Å². The smallest absolute Gasteiger partial charge is 0.320 e. The molecule has 1 aromatic carbocycles. The number of benzene rings is 1. The number of hydrogen-bond donors (Lipinski definition) is 2. The third-order valence-electron chi connectivity index (χ3n) is 4.11. The van der Waals surface area contributed by atoms with Gasteiger partial charge in [-0.1, -0.05) is 18.2 Å². The summed E-state index contributed by atoms with van der Waals surface area (Å²) in [6.07, 6.45) is 2.59. The van der Waals surface area contributed by atoms with E-state index in [1.807, 2.05) is 39.0 Å². The van der Waals surface area contributed by atoms with Crippen molar-refractivity contribution in [2.75, 3.05) is 18.5 Å². The largest absolute Gasteiger partial charge is 0.493 e. The van der Waals surface area contributed by atoms with Gasteiger partial charge >= 0.3 is 6.03 Å². The molecule has 2 aromatic rings. The van der Waals surface area contributed by atoms with Crippen molar-refractivity contribution in [1.82, 2.24) is 15.1 Å². The molecule has 2 amide bonds. The van der Waals surface area contributed by atoms with Crippen molar-refractivity contribution in [3.8, 4) is 5.75 Å². The lowest BCUT2D eigenvalue weighted by atomic mass is 9.93. The quantitative estimate of drug-likeness (QED) is 0.908. The van der Waals surface area contributed by atoms with Gasteiger partial charge in [-0.2, -0.15) is 5.10 Å². The van der Waals surface area contributed by atoms with Crippen LogP contribution in [0.3, 0.4) is 0 Å². The molecule has 3 rings (SSSR count). The summed E-state index contributed by atoms with van der Waals surface area (Å²) in [7, 11) is 0. The summed E-state index contributed by atoms with van der Waals surface area (Å²) in [5.74, 6) is 1.88. The highest BCUT2D eigenvalue weighted by Gasteiger charge is 2.22. The molecule has 0 radical (unpaired) electrons. The maximum Gasteiger partial charge on any atom is 0.320 e. The highest BCUT2D eigenvalue weighted by molar-refractivity contribution is 5.88. The molecule has 0 spiro atoms. The van der Waals surface area contributed by atoms with Crippen LogP contribution >= 0.6 is 0 Å². The maximum atomic E-state index is 12.2. The standard InChI is InChI=1S/C18H24N4O2/c1-18(2,3)22-16(8-10-20-22)21-17(23)19-12-13-9-11-24-15-7-5-4-6-14(13)15/h4-8,10,13H,9,11-12H2,1-3H3,(H2,19,21,23). The minimum Gasteiger partial charge on any atom is -0.493 e. The Labute approximate surface area is 142 Å². The van der Waals surface area contributed by atoms with E-state index < -0.39 is 0 Å². The molecular weight excluding hydrogens is 304 g/mol. The highest BCUT2D eigenvalue weighted by Crippen LogP contribution is 2.32. The number of hydrogen-bond acceptors (Lipinski definition) is 3. The average molecular weight is 328 g/mol. The monoisotopic (exact) mass is 328 g/mol. The van der Waals surface area contributed by atoms with Crippen LogP contribution in [0.15, 0.2) is 36.5 Å². The predicted molar refractivity (Wildman–Crippen MR) is 93.5 cm³/mol. The number of rotatable bonds is 3. The number of para-hydroxylation sites is 1. The molecule has 2 heterocycles. The van der Waals surface area contributed by atoms with Crippen molar-refractivity contribution in [2.24, 2.45) is 0 Å². The number of nitrogens with one attached hydrogen (secondary N) is 2. The minimum absolute atomic E-state index is 0.189. The summed E-state index contributed by atoms with van der Waals surface area (Å²) >= 11 is 0. The molecule has 1 unspecified atom stereocenters. The van der Waals surface area contributed by atoms with Gasteiger partial charge in [-0.05, 0) is 38.8 Å². The fraction of sp³-hybridized carbons (Fsp3) is 0.444. The Morgan fingerprint density at radius 1 is 1.33 bits per heavy atom. The lowest BCUT2D eigenvalue weighted by Gasteiger charge is -2.26. The van der Waals surface area contributed by atoms with E-state index in [9.17, 15) is 4.79 Å². The lowest BCUT2D eigenvalue weighted by molar-refractivity contribution is 0.244. The first-order valence-electron chi connectivity index (χ1n) is 8.26. The topological polar surface area (TPSA) is 68.2 Å². The van der Waals surface area contributed by atoms with Crippen molar-refractivity contribution >= 4 is 11.8 Å². The average Bonchev–Trinajstić information content (AvgIpc) is 3.01. The Morgan fingerprint density at radius 2 is 2.12 bits per heavy atom. The first kappa shape index (κ1) is 16.4. The van der Waals surface area contributed by atoms with Crippen molar-refractivity contribution in [2.45, 2.75) is 38.6 Å². The molecule has 1 aliphatic rings. The predicted octanol–water partition coefficient (Wildman–Crippen LogP) is 3.33. The molecule has 1 atom stereocenters. The van der Waals surface area contributed by atoms with Crippen LogP contribution in [-0.4, -0.2) is 29.0 Å². The third kappa shape index (κ3) is 3.53. The molecule has 6 nitrogen and oxygen atoms in total. The van der Waals surface area contributed by atoms with Crippen molar-refractivity contribution < 1.29 is 9.53 Å². The molecule has 6 heteroatoms. The number of aromatic nitrogens is 2. The van der Waals surface area contributed by atoms with Gasteiger partial charge in [0.1, 0.15) is 11.6 Å². The van der Waals surface area contributed by atoms with Gasteiger partial charge in [0, 0.05) is 18.5 Å². The number of anilines is 1. The number of carbonyl (C=O) groups excluding carboxylic acids is 1. The number of ether oxygens (including phenoxy) is 1. The van der Waals surface area contributed by atoms with Gasteiger partial charge in [-0.25, -0.2) is 9.48 Å². The highest BCUT2D eigenvalue weighted by atomic mass is 16.5. The second-order valence-electron chi connectivity index (χ2n) is 7.01. The maximum absolute atomic E-state index is 12.2. The number of amides is 2. The van der Waals surface area contributed by atoms with E-state index >= 15 is 0 Å². The Kier molecular flexibility index (Phi) is 4.46. The van der Waals surface area contributed by atoms with E-state index in [0.29, 0.717) is 19.0 Å². The van der Waals surface area contributed by atoms with E-state index in [0.717, 1.165) is 17.7 Å². The van der Waals surface area contributed by atoms with Gasteiger partial charge in [-0.3, -0.25) is 5.32 Å². The number of fused-ring (bicyclic) bond motifs is 1. The van der Waals surface area contributed by atoms with Gasteiger partial charge < -0.3 is 10.1 Å². The molecule has 0 fully saturated rings. The van der Waals surface area contributed by atoms with Gasteiger partial charge in [0.25, 0.3) is 0 Å². The number of urea groups is 1. The zero-order valence-corrected chi connectivity index (χ0v) is 14.4. The minimum atomic E-state index is -0.218. The van der Waals surface area contributed by atoms with Crippen molar-refractivity contribution in [3.05, 3.63) is 42.1 Å². The van der Waals surface area contributed by atoms with Gasteiger partial charge in [0.15, 0.2) is 0 Å². The Balaban J connectivity index is 1.60. The lowest BCUT2D eigenvalue weighted by Crippen LogP contribution is -2.35. The molecule has 0 aliphatic carbocycles. The number of carbonyl (C=O) groups is 1. The summed E-state index contributed by atoms with van der Waals surface area (Å²) in [6.45, 7) is 7.39. The Hall–Kier alpha value is -2.50. The van der Waals surface area contributed by atoms with Gasteiger partial charge in [0.05, 0.1) is 18.3 Å². The van der Waals surface area contributed by atoms with Crippen molar-refractivity contribution in [3.63, 3.8) is 0 Å². The fourth-order valence-corrected chi connectivity index (χ4v) is 2.94. The number of nitrogens with zero attached hydrogens (tertiary/aromatic N) is 2. The molecule has 0 saturated carbocycles. The second kappa shape index (κ2) is 6.55. The van der Waals surface area contributed by atoms with Crippen LogP contribution in [0.5, 0.6) is 5.75 Å². The van der Waals surface area contributed by atoms with E-state index in [1.165, 1.54) is 0 Å². The van der Waals surface area contributed by atoms with E-state index in [-0.39, 0.29) is 17.5 Å². The fourth-order valence-electron chi connectivity index (χ4n) is 2.94. The Morgan fingerprint density at radius 3 is 2.92 bits per heavy atom. The summed E-state index contributed by atoms with van der Waals surface area (Å²) in [4.78, 5) is 12.2. The summed E-state index contributed by atoms with van der Waals surface area (Å²) in [6, 6.07) is 9.59. The molecule has 0 saturated heterocycles. The molecule has 128 valence electrons. The zero-order valence-electron chi connectivity index (χ0n) is 14.4. The van der Waals surface area contributed by atoms with Crippen LogP contribution in [0.2, 0.25) is 0 Å².